The number of hydrogen-bond donors (Lipinski definition) is 2. The van der Waals surface area contributed by atoms with Gasteiger partial charge in [-0.15, -0.1) is 0 Å². The number of carbonyl (C=O) groups is 1. The molecule has 1 unspecified atom stereocenters. The van der Waals surface area contributed by atoms with Gasteiger partial charge in [0.25, 0.3) is 0 Å². The molecule has 1 aliphatic rings. The predicted octanol–water partition coefficient (Wildman–Crippen LogP) is 0.962. The molecule has 0 aromatic carbocycles. The minimum Gasteiger partial charge on any atom is -0.356 e. The van der Waals surface area contributed by atoms with Crippen LogP contribution in [0.25, 0.3) is 0 Å². The van der Waals surface area contributed by atoms with Gasteiger partial charge in [0.2, 0.25) is 5.91 Å². The lowest BCUT2D eigenvalue weighted by Crippen LogP contribution is -2.35. The Morgan fingerprint density at radius 1 is 1.47 bits per heavy atom. The Labute approximate surface area is 105 Å². The lowest BCUT2D eigenvalue weighted by molar-refractivity contribution is -0.121. The topological polar surface area (TPSA) is 58.4 Å². The zero-order chi connectivity index (χ0) is 12.7. The molecule has 0 aliphatic carbocycles. The van der Waals surface area contributed by atoms with E-state index in [-0.39, 0.29) is 11.9 Å². The van der Waals surface area contributed by atoms with Gasteiger partial charge in [0.15, 0.2) is 0 Å². The SMILES string of the molecule is CCN1CCC(CCNC(=O)CC(C)N)CC1. The van der Waals surface area contributed by atoms with E-state index in [9.17, 15) is 4.79 Å². The van der Waals surface area contributed by atoms with Gasteiger partial charge in [-0.3, -0.25) is 4.79 Å². The fourth-order valence-corrected chi connectivity index (χ4v) is 2.37. The lowest BCUT2D eigenvalue weighted by Gasteiger charge is -2.31. The molecule has 3 N–H and O–H groups in total. The van der Waals surface area contributed by atoms with Gasteiger partial charge in [0.1, 0.15) is 0 Å². The second-order valence-corrected chi connectivity index (χ2v) is 5.20. The van der Waals surface area contributed by atoms with E-state index in [4.69, 9.17) is 5.73 Å². The fraction of sp³-hybridized carbons (Fsp3) is 0.923. The highest BCUT2D eigenvalue weighted by atomic mass is 16.1. The van der Waals surface area contributed by atoms with E-state index in [2.05, 4.69) is 17.1 Å². The van der Waals surface area contributed by atoms with Crippen LogP contribution >= 0.6 is 0 Å². The van der Waals surface area contributed by atoms with E-state index in [0.717, 1.165) is 25.4 Å². The molecule has 4 heteroatoms. The molecule has 0 spiro atoms. The molecule has 1 rings (SSSR count). The Morgan fingerprint density at radius 3 is 2.65 bits per heavy atom. The summed E-state index contributed by atoms with van der Waals surface area (Å²) in [5.41, 5.74) is 5.57. The first-order chi connectivity index (χ1) is 8.11. The van der Waals surface area contributed by atoms with E-state index in [1.807, 2.05) is 6.92 Å². The maximum Gasteiger partial charge on any atom is 0.221 e. The molecule has 1 saturated heterocycles. The second-order valence-electron chi connectivity index (χ2n) is 5.20. The van der Waals surface area contributed by atoms with Crippen LogP contribution in [-0.4, -0.2) is 43.0 Å². The predicted molar refractivity (Wildman–Crippen MR) is 70.7 cm³/mol. The van der Waals surface area contributed by atoms with E-state index < -0.39 is 0 Å². The molecule has 0 saturated carbocycles. The number of likely N-dealkylation sites (tertiary alicyclic amines) is 1. The number of nitrogens with one attached hydrogen (secondary N) is 1. The number of hydrogen-bond acceptors (Lipinski definition) is 3. The average Bonchev–Trinajstić information content (AvgIpc) is 2.29. The Kier molecular flexibility index (Phi) is 6.52. The van der Waals surface area contributed by atoms with Crippen molar-refractivity contribution < 1.29 is 4.79 Å². The first-order valence-electron chi connectivity index (χ1n) is 6.86. The molecule has 4 nitrogen and oxygen atoms in total. The highest BCUT2D eigenvalue weighted by Crippen LogP contribution is 2.19. The van der Waals surface area contributed by atoms with Crippen molar-refractivity contribution in [3.8, 4) is 0 Å². The number of rotatable bonds is 6. The summed E-state index contributed by atoms with van der Waals surface area (Å²) in [5, 5.41) is 2.95. The molecule has 0 aromatic rings. The normalized spacial score (nSPS) is 20.2. The van der Waals surface area contributed by atoms with Crippen molar-refractivity contribution in [3.05, 3.63) is 0 Å². The molecule has 1 amide bonds. The van der Waals surface area contributed by atoms with Gasteiger partial charge in [-0.05, 0) is 51.7 Å². The number of nitrogens with zero attached hydrogens (tertiary/aromatic N) is 1. The Hall–Kier alpha value is -0.610. The zero-order valence-corrected chi connectivity index (χ0v) is 11.2. The first-order valence-corrected chi connectivity index (χ1v) is 6.86. The van der Waals surface area contributed by atoms with Crippen LogP contribution in [0.5, 0.6) is 0 Å². The molecule has 0 aromatic heterocycles. The number of amides is 1. The Bertz CT molecular complexity index is 223. The molecule has 17 heavy (non-hydrogen) atoms. The van der Waals surface area contributed by atoms with E-state index in [0.29, 0.717) is 6.42 Å². The largest absolute Gasteiger partial charge is 0.356 e. The highest BCUT2D eigenvalue weighted by molar-refractivity contribution is 5.76. The van der Waals surface area contributed by atoms with Crippen LogP contribution in [0.1, 0.15) is 39.5 Å². The fourth-order valence-electron chi connectivity index (χ4n) is 2.37. The van der Waals surface area contributed by atoms with Gasteiger partial charge < -0.3 is 16.0 Å². The Balaban J connectivity index is 2.05. The minimum atomic E-state index is -0.0391. The summed E-state index contributed by atoms with van der Waals surface area (Å²) in [6, 6.07) is -0.0391. The van der Waals surface area contributed by atoms with Crippen LogP contribution in [0, 0.1) is 5.92 Å². The summed E-state index contributed by atoms with van der Waals surface area (Å²) in [5.74, 6) is 0.874. The van der Waals surface area contributed by atoms with Crippen LogP contribution in [-0.2, 0) is 4.79 Å². The Morgan fingerprint density at radius 2 is 2.12 bits per heavy atom. The average molecular weight is 241 g/mol. The maximum atomic E-state index is 11.4. The van der Waals surface area contributed by atoms with Gasteiger partial charge in [0, 0.05) is 19.0 Å². The molecule has 1 atom stereocenters. The highest BCUT2D eigenvalue weighted by Gasteiger charge is 2.17. The van der Waals surface area contributed by atoms with Crippen molar-refractivity contribution in [2.45, 2.75) is 45.6 Å². The van der Waals surface area contributed by atoms with Gasteiger partial charge >= 0.3 is 0 Å². The number of piperidine rings is 1. The molecular weight excluding hydrogens is 214 g/mol. The summed E-state index contributed by atoms with van der Waals surface area (Å²) >= 11 is 0. The second kappa shape index (κ2) is 7.67. The summed E-state index contributed by atoms with van der Waals surface area (Å²) in [7, 11) is 0. The van der Waals surface area contributed by atoms with Crippen LogP contribution in [0.2, 0.25) is 0 Å². The van der Waals surface area contributed by atoms with E-state index in [1.54, 1.807) is 0 Å². The molecule has 1 heterocycles. The van der Waals surface area contributed by atoms with Crippen LogP contribution in [0.15, 0.2) is 0 Å². The van der Waals surface area contributed by atoms with Crippen molar-refractivity contribution in [1.82, 2.24) is 10.2 Å². The van der Waals surface area contributed by atoms with Crippen molar-refractivity contribution in [2.24, 2.45) is 11.7 Å². The van der Waals surface area contributed by atoms with Gasteiger partial charge in [-0.1, -0.05) is 6.92 Å². The maximum absolute atomic E-state index is 11.4. The molecular formula is C13H27N3O. The van der Waals surface area contributed by atoms with Crippen molar-refractivity contribution in [1.29, 1.82) is 0 Å². The van der Waals surface area contributed by atoms with E-state index in [1.165, 1.54) is 25.9 Å². The van der Waals surface area contributed by atoms with Crippen LogP contribution in [0.3, 0.4) is 0 Å². The van der Waals surface area contributed by atoms with Crippen molar-refractivity contribution in [2.75, 3.05) is 26.2 Å². The smallest absolute Gasteiger partial charge is 0.221 e. The summed E-state index contributed by atoms with van der Waals surface area (Å²) in [4.78, 5) is 13.9. The van der Waals surface area contributed by atoms with Crippen molar-refractivity contribution >= 4 is 5.91 Å². The third-order valence-corrected chi connectivity index (χ3v) is 3.54. The quantitative estimate of drug-likeness (QED) is 0.728. The molecule has 0 bridgehead atoms. The third-order valence-electron chi connectivity index (χ3n) is 3.54. The molecule has 1 aliphatic heterocycles. The lowest BCUT2D eigenvalue weighted by atomic mass is 9.93. The van der Waals surface area contributed by atoms with Crippen molar-refractivity contribution in [3.63, 3.8) is 0 Å². The van der Waals surface area contributed by atoms with Gasteiger partial charge in [-0.25, -0.2) is 0 Å². The van der Waals surface area contributed by atoms with E-state index >= 15 is 0 Å². The number of nitrogens with two attached hydrogens (primary N) is 1. The summed E-state index contributed by atoms with van der Waals surface area (Å²) < 4.78 is 0. The number of carbonyl (C=O) groups excluding carboxylic acids is 1. The monoisotopic (exact) mass is 241 g/mol. The van der Waals surface area contributed by atoms with Crippen LogP contribution < -0.4 is 11.1 Å². The zero-order valence-electron chi connectivity index (χ0n) is 11.2. The van der Waals surface area contributed by atoms with Gasteiger partial charge in [-0.2, -0.15) is 0 Å². The van der Waals surface area contributed by atoms with Gasteiger partial charge in [0.05, 0.1) is 0 Å². The molecule has 100 valence electrons. The van der Waals surface area contributed by atoms with Crippen LogP contribution in [0.4, 0.5) is 0 Å². The third kappa shape index (κ3) is 6.03. The standard InChI is InChI=1S/C13H27N3O/c1-3-16-8-5-12(6-9-16)4-7-15-13(17)10-11(2)14/h11-12H,3-10,14H2,1-2H3,(H,15,17). The summed E-state index contributed by atoms with van der Waals surface area (Å²) in [6.45, 7) is 8.48. The molecule has 0 radical (unpaired) electrons. The summed E-state index contributed by atoms with van der Waals surface area (Å²) in [6.07, 6.45) is 4.10. The minimum absolute atomic E-state index is 0.0391. The molecule has 1 fully saturated rings. The first kappa shape index (κ1) is 14.5.